The maximum absolute atomic E-state index is 12.9. The largest absolute Gasteiger partial charge is 0.421 e. The molecule has 10 heteroatoms. The van der Waals surface area contributed by atoms with Gasteiger partial charge in [-0.15, -0.1) is 10.2 Å². The molecule has 0 spiro atoms. The van der Waals surface area contributed by atoms with Gasteiger partial charge >= 0.3 is 0 Å². The van der Waals surface area contributed by atoms with Crippen molar-refractivity contribution in [3.8, 4) is 11.5 Å². The van der Waals surface area contributed by atoms with Crippen LogP contribution in [0.5, 0.6) is 0 Å². The van der Waals surface area contributed by atoms with E-state index in [2.05, 4.69) is 20.5 Å². The Morgan fingerprint density at radius 2 is 2.00 bits per heavy atom. The molecule has 0 saturated carbocycles. The first-order valence-corrected chi connectivity index (χ1v) is 12.4. The van der Waals surface area contributed by atoms with E-state index in [0.29, 0.717) is 43.4 Å². The van der Waals surface area contributed by atoms with E-state index in [1.807, 2.05) is 49.4 Å². The molecule has 2 aromatic carbocycles. The van der Waals surface area contributed by atoms with Gasteiger partial charge in [-0.05, 0) is 37.3 Å². The van der Waals surface area contributed by atoms with E-state index in [4.69, 9.17) is 4.42 Å². The average Bonchev–Trinajstić information content (AvgIpc) is 3.53. The van der Waals surface area contributed by atoms with Crippen molar-refractivity contribution in [1.29, 1.82) is 0 Å². The monoisotopic (exact) mass is 467 g/mol. The van der Waals surface area contributed by atoms with E-state index in [0.717, 1.165) is 21.0 Å². The molecule has 0 atom stereocenters. The van der Waals surface area contributed by atoms with Gasteiger partial charge in [0.1, 0.15) is 0 Å². The van der Waals surface area contributed by atoms with Gasteiger partial charge in [0.25, 0.3) is 0 Å². The third kappa shape index (κ3) is 4.16. The highest BCUT2D eigenvalue weighted by molar-refractivity contribution is 7.89. The van der Waals surface area contributed by atoms with E-state index in [-0.39, 0.29) is 4.90 Å². The van der Waals surface area contributed by atoms with Crippen LogP contribution in [0.25, 0.3) is 21.7 Å². The minimum atomic E-state index is -3.53. The molecule has 32 heavy (non-hydrogen) atoms. The Bertz CT molecular complexity index is 1390. The summed E-state index contributed by atoms with van der Waals surface area (Å²) in [5, 5.41) is 12.2. The lowest BCUT2D eigenvalue weighted by molar-refractivity contribution is 0.484. The van der Waals surface area contributed by atoms with Gasteiger partial charge in [-0.1, -0.05) is 41.2 Å². The number of fused-ring (bicyclic) bond motifs is 1. The Labute approximate surface area is 189 Å². The fourth-order valence-corrected chi connectivity index (χ4v) is 5.78. The molecule has 1 N–H and O–H groups in total. The van der Waals surface area contributed by atoms with E-state index in [1.54, 1.807) is 12.1 Å². The second-order valence-corrected chi connectivity index (χ2v) is 10.5. The second kappa shape index (κ2) is 8.45. The topological polar surface area (TPSA) is 101 Å². The van der Waals surface area contributed by atoms with Crippen LogP contribution in [0.15, 0.2) is 69.5 Å². The van der Waals surface area contributed by atoms with Crippen molar-refractivity contribution < 1.29 is 12.8 Å². The highest BCUT2D eigenvalue weighted by atomic mass is 32.2. The molecule has 0 saturated heterocycles. The second-order valence-electron chi connectivity index (χ2n) is 7.54. The van der Waals surface area contributed by atoms with E-state index in [9.17, 15) is 8.42 Å². The van der Waals surface area contributed by atoms with Gasteiger partial charge in [0.2, 0.25) is 21.8 Å². The lowest BCUT2D eigenvalue weighted by Crippen LogP contribution is -2.28. The fraction of sp³-hybridized carbons (Fsp3) is 0.227. The number of nitrogens with zero attached hydrogens (tertiary/aromatic N) is 4. The molecule has 0 unspecified atom stereocenters. The molecule has 8 nitrogen and oxygen atoms in total. The number of rotatable bonds is 7. The van der Waals surface area contributed by atoms with Crippen molar-refractivity contribution in [2.24, 2.45) is 0 Å². The zero-order valence-corrected chi connectivity index (χ0v) is 19.0. The quantitative estimate of drug-likeness (QED) is 0.411. The Morgan fingerprint density at radius 1 is 1.16 bits per heavy atom. The zero-order valence-electron chi connectivity index (χ0n) is 17.4. The number of nitrogens with one attached hydrogen (secondary N) is 1. The molecule has 1 aliphatic heterocycles. The molecular weight excluding hydrogens is 446 g/mol. The molecule has 1 aliphatic rings. The van der Waals surface area contributed by atoms with E-state index in [1.165, 1.54) is 15.6 Å². The standard InChI is InChI=1S/C22H21N5O3S2/c1-15-10-12-27(14-15)32(28,29)17-7-8-19-18(13-17)24-22(31-19)23-11-9-20-25-26-21(30-20)16-5-3-2-4-6-16/h2-8,10,13H,9,11-12,14H2,1H3,(H,23,24). The van der Waals surface area contributed by atoms with Crippen LogP contribution in [0.4, 0.5) is 5.13 Å². The molecule has 0 fully saturated rings. The molecule has 164 valence electrons. The fourth-order valence-electron chi connectivity index (χ4n) is 3.47. The number of hydrogen-bond acceptors (Lipinski definition) is 8. The summed E-state index contributed by atoms with van der Waals surface area (Å²) in [5.41, 5.74) is 2.61. The van der Waals surface area contributed by atoms with Crippen LogP contribution in [0.2, 0.25) is 0 Å². The van der Waals surface area contributed by atoms with Gasteiger partial charge in [0, 0.05) is 31.6 Å². The molecule has 4 aromatic rings. The van der Waals surface area contributed by atoms with Crippen LogP contribution in [0.3, 0.4) is 0 Å². The van der Waals surface area contributed by atoms with Gasteiger partial charge in [0.15, 0.2) is 5.13 Å². The van der Waals surface area contributed by atoms with E-state index < -0.39 is 10.0 Å². The first-order valence-electron chi connectivity index (χ1n) is 10.2. The normalized spacial score (nSPS) is 14.7. The van der Waals surface area contributed by atoms with Gasteiger partial charge in [-0.3, -0.25) is 0 Å². The number of sulfonamides is 1. The molecule has 0 aliphatic carbocycles. The minimum Gasteiger partial charge on any atom is -0.421 e. The first-order chi connectivity index (χ1) is 15.5. The predicted molar refractivity (Wildman–Crippen MR) is 124 cm³/mol. The zero-order chi connectivity index (χ0) is 22.1. The Morgan fingerprint density at radius 3 is 2.78 bits per heavy atom. The SMILES string of the molecule is CC1=CCN(S(=O)(=O)c2ccc3sc(NCCc4nnc(-c5ccccc5)o4)nc3c2)C1. The summed E-state index contributed by atoms with van der Waals surface area (Å²) in [5.74, 6) is 1.04. The smallest absolute Gasteiger partial charge is 0.247 e. The summed E-state index contributed by atoms with van der Waals surface area (Å²) in [7, 11) is -3.53. The van der Waals surface area contributed by atoms with Crippen LogP contribution in [0.1, 0.15) is 12.8 Å². The summed E-state index contributed by atoms with van der Waals surface area (Å²) in [6.45, 7) is 3.36. The lowest BCUT2D eigenvalue weighted by atomic mass is 10.2. The van der Waals surface area contributed by atoms with Crippen LogP contribution in [-0.4, -0.2) is 47.5 Å². The summed E-state index contributed by atoms with van der Waals surface area (Å²) in [6.07, 6.45) is 2.49. The summed E-state index contributed by atoms with van der Waals surface area (Å²) < 4.78 is 33.9. The van der Waals surface area contributed by atoms with Crippen LogP contribution < -0.4 is 5.32 Å². The Hall–Kier alpha value is -3.08. The van der Waals surface area contributed by atoms with Crippen LogP contribution >= 0.6 is 11.3 Å². The number of hydrogen-bond donors (Lipinski definition) is 1. The van der Waals surface area contributed by atoms with Gasteiger partial charge in [-0.2, -0.15) is 4.31 Å². The first kappa shape index (κ1) is 20.8. The Kier molecular flexibility index (Phi) is 5.50. The van der Waals surface area contributed by atoms with Crippen molar-refractivity contribution in [2.75, 3.05) is 25.0 Å². The van der Waals surface area contributed by atoms with Crippen molar-refractivity contribution >= 4 is 36.7 Å². The molecule has 3 heterocycles. The third-order valence-electron chi connectivity index (χ3n) is 5.17. The highest BCUT2D eigenvalue weighted by Crippen LogP contribution is 2.29. The molecule has 5 rings (SSSR count). The van der Waals surface area contributed by atoms with Gasteiger partial charge < -0.3 is 9.73 Å². The average molecular weight is 468 g/mol. The number of thiazole rings is 1. The molecular formula is C22H21N5O3S2. The number of aromatic nitrogens is 3. The minimum absolute atomic E-state index is 0.268. The molecule has 0 radical (unpaired) electrons. The summed E-state index contributed by atoms with van der Waals surface area (Å²) in [6, 6.07) is 14.7. The Balaban J connectivity index is 1.24. The maximum atomic E-state index is 12.9. The van der Waals surface area contributed by atoms with Crippen molar-refractivity contribution in [3.63, 3.8) is 0 Å². The summed E-state index contributed by atoms with van der Waals surface area (Å²) in [4.78, 5) is 4.83. The number of anilines is 1. The van der Waals surface area contributed by atoms with Crippen molar-refractivity contribution in [1.82, 2.24) is 19.5 Å². The molecule has 0 bridgehead atoms. The predicted octanol–water partition coefficient (Wildman–Crippen LogP) is 3.95. The molecule has 0 amide bonds. The highest BCUT2D eigenvalue weighted by Gasteiger charge is 2.27. The van der Waals surface area contributed by atoms with Gasteiger partial charge in [0.05, 0.1) is 15.1 Å². The van der Waals surface area contributed by atoms with Gasteiger partial charge in [-0.25, -0.2) is 13.4 Å². The van der Waals surface area contributed by atoms with Crippen LogP contribution in [-0.2, 0) is 16.4 Å². The summed E-state index contributed by atoms with van der Waals surface area (Å²) >= 11 is 1.48. The lowest BCUT2D eigenvalue weighted by Gasteiger charge is -2.16. The van der Waals surface area contributed by atoms with Crippen molar-refractivity contribution in [3.05, 3.63) is 66.1 Å². The third-order valence-corrected chi connectivity index (χ3v) is 7.97. The number of benzene rings is 2. The maximum Gasteiger partial charge on any atom is 0.247 e. The molecule has 2 aromatic heterocycles. The van der Waals surface area contributed by atoms with E-state index >= 15 is 0 Å². The van der Waals surface area contributed by atoms with Crippen molar-refractivity contribution in [2.45, 2.75) is 18.2 Å². The van der Waals surface area contributed by atoms with Crippen LogP contribution in [0, 0.1) is 0 Å².